The first-order chi connectivity index (χ1) is 9.66. The quantitative estimate of drug-likeness (QED) is 0.337. The maximum atomic E-state index is 10.3. The Balaban J connectivity index is 3.45. The molecule has 1 N–H and O–H groups in total. The molecule has 2 heteroatoms. The zero-order chi connectivity index (χ0) is 15.1. The van der Waals surface area contributed by atoms with E-state index in [-0.39, 0.29) is 0 Å². The van der Waals surface area contributed by atoms with E-state index in [1.54, 1.807) is 0 Å². The van der Waals surface area contributed by atoms with E-state index in [1.165, 1.54) is 44.1 Å². The summed E-state index contributed by atoms with van der Waals surface area (Å²) in [5.74, 6) is -0.688. The zero-order valence-electron chi connectivity index (χ0n) is 13.4. The van der Waals surface area contributed by atoms with Crippen LogP contribution in [0.15, 0.2) is 23.8 Å². The van der Waals surface area contributed by atoms with E-state index in [1.807, 2.05) is 0 Å². The molecule has 0 radical (unpaired) electrons. The van der Waals surface area contributed by atoms with E-state index in [2.05, 4.69) is 32.1 Å². The van der Waals surface area contributed by atoms with Crippen LogP contribution in [0.5, 0.6) is 0 Å². The van der Waals surface area contributed by atoms with Gasteiger partial charge < -0.3 is 5.11 Å². The molecule has 116 valence electrons. The van der Waals surface area contributed by atoms with E-state index in [0.29, 0.717) is 6.42 Å². The lowest BCUT2D eigenvalue weighted by atomic mass is 10.1. The molecule has 2 nitrogen and oxygen atoms in total. The third kappa shape index (κ3) is 15.0. The van der Waals surface area contributed by atoms with Gasteiger partial charge in [0.2, 0.25) is 0 Å². The summed E-state index contributed by atoms with van der Waals surface area (Å²) in [6.45, 7) is 4.47. The lowest BCUT2D eigenvalue weighted by molar-refractivity contribution is -0.137. The molecule has 0 amide bonds. The molecule has 0 aromatic rings. The van der Waals surface area contributed by atoms with Gasteiger partial charge in [0.25, 0.3) is 0 Å². The van der Waals surface area contributed by atoms with Crippen LogP contribution < -0.4 is 0 Å². The highest BCUT2D eigenvalue weighted by Crippen LogP contribution is 2.11. The molecule has 0 rings (SSSR count). The van der Waals surface area contributed by atoms with Gasteiger partial charge in [-0.25, -0.2) is 0 Å². The van der Waals surface area contributed by atoms with Crippen molar-refractivity contribution in [2.24, 2.45) is 0 Å². The molecule has 0 aliphatic rings. The Hall–Kier alpha value is -1.05. The van der Waals surface area contributed by atoms with Crippen molar-refractivity contribution in [3.63, 3.8) is 0 Å². The topological polar surface area (TPSA) is 37.3 Å². The van der Waals surface area contributed by atoms with Crippen LogP contribution in [-0.2, 0) is 4.79 Å². The standard InChI is InChI=1S/C18H32O2/c1-3-4-5-8-11-14-17(2)15-12-9-6-7-10-13-16-18(19)20/h6,9,15H,3-5,7-8,10-14,16H2,1-2H3,(H,19,20)/b9-6+,17-15+. The maximum Gasteiger partial charge on any atom is 0.303 e. The lowest BCUT2D eigenvalue weighted by Crippen LogP contribution is -1.92. The molecule has 0 aliphatic carbocycles. The molecular formula is C18H32O2. The fourth-order valence-corrected chi connectivity index (χ4v) is 2.13. The van der Waals surface area contributed by atoms with Crippen LogP contribution in [0.1, 0.15) is 84.5 Å². The number of carboxylic acid groups (broad SMARTS) is 1. The molecule has 0 spiro atoms. The van der Waals surface area contributed by atoms with Gasteiger partial charge >= 0.3 is 5.97 Å². The maximum absolute atomic E-state index is 10.3. The molecule has 0 saturated carbocycles. The first-order valence-electron chi connectivity index (χ1n) is 8.19. The highest BCUT2D eigenvalue weighted by molar-refractivity contribution is 5.66. The predicted molar refractivity (Wildman–Crippen MR) is 87.0 cm³/mol. The second-order valence-electron chi connectivity index (χ2n) is 5.56. The molecule has 0 aliphatic heterocycles. The van der Waals surface area contributed by atoms with E-state index in [9.17, 15) is 4.79 Å². The molecule has 20 heavy (non-hydrogen) atoms. The Kier molecular flexibility index (Phi) is 13.6. The normalized spacial score (nSPS) is 12.2. The van der Waals surface area contributed by atoms with Crippen molar-refractivity contribution in [3.05, 3.63) is 23.8 Å². The molecular weight excluding hydrogens is 248 g/mol. The smallest absolute Gasteiger partial charge is 0.303 e. The van der Waals surface area contributed by atoms with Gasteiger partial charge in [-0.15, -0.1) is 0 Å². The Morgan fingerprint density at radius 3 is 2.35 bits per heavy atom. The Morgan fingerprint density at radius 1 is 0.950 bits per heavy atom. The van der Waals surface area contributed by atoms with Crippen LogP contribution >= 0.6 is 0 Å². The van der Waals surface area contributed by atoms with Gasteiger partial charge in [-0.3, -0.25) is 4.79 Å². The number of hydrogen-bond donors (Lipinski definition) is 1. The number of hydrogen-bond acceptors (Lipinski definition) is 1. The minimum Gasteiger partial charge on any atom is -0.481 e. The third-order valence-corrected chi connectivity index (χ3v) is 3.46. The van der Waals surface area contributed by atoms with Gasteiger partial charge in [0.05, 0.1) is 0 Å². The number of rotatable bonds is 13. The van der Waals surface area contributed by atoms with Crippen LogP contribution in [0.4, 0.5) is 0 Å². The molecule has 0 aromatic carbocycles. The van der Waals surface area contributed by atoms with Crippen molar-refractivity contribution in [3.8, 4) is 0 Å². The number of allylic oxidation sites excluding steroid dienone is 4. The van der Waals surface area contributed by atoms with Gasteiger partial charge in [-0.1, -0.05) is 56.4 Å². The highest BCUT2D eigenvalue weighted by Gasteiger charge is 1.94. The summed E-state index contributed by atoms with van der Waals surface area (Å²) in [6, 6.07) is 0. The average Bonchev–Trinajstić information content (AvgIpc) is 2.41. The largest absolute Gasteiger partial charge is 0.481 e. The Labute approximate surface area is 125 Å². The van der Waals surface area contributed by atoms with Crippen molar-refractivity contribution >= 4 is 5.97 Å². The van der Waals surface area contributed by atoms with Crippen molar-refractivity contribution < 1.29 is 9.90 Å². The minimum atomic E-state index is -0.688. The van der Waals surface area contributed by atoms with E-state index in [0.717, 1.165) is 25.7 Å². The molecule has 0 unspecified atom stereocenters. The highest BCUT2D eigenvalue weighted by atomic mass is 16.4. The first-order valence-corrected chi connectivity index (χ1v) is 8.19. The van der Waals surface area contributed by atoms with Crippen molar-refractivity contribution in [1.82, 2.24) is 0 Å². The predicted octanol–water partition coefficient (Wildman–Crippen LogP) is 5.88. The molecule has 0 saturated heterocycles. The minimum absolute atomic E-state index is 0.297. The van der Waals surface area contributed by atoms with Crippen LogP contribution in [0.2, 0.25) is 0 Å². The number of carboxylic acids is 1. The fourth-order valence-electron chi connectivity index (χ4n) is 2.13. The second kappa shape index (κ2) is 14.4. The van der Waals surface area contributed by atoms with E-state index >= 15 is 0 Å². The summed E-state index contributed by atoms with van der Waals surface area (Å²) in [7, 11) is 0. The summed E-state index contributed by atoms with van der Waals surface area (Å²) in [5.41, 5.74) is 1.50. The molecule has 0 aromatic heterocycles. The summed E-state index contributed by atoms with van der Waals surface area (Å²) >= 11 is 0. The van der Waals surface area contributed by atoms with Crippen LogP contribution in [0, 0.1) is 0 Å². The number of unbranched alkanes of at least 4 members (excludes halogenated alkanes) is 6. The fraction of sp³-hybridized carbons (Fsp3) is 0.722. The Morgan fingerprint density at radius 2 is 1.65 bits per heavy atom. The molecule has 0 bridgehead atoms. The number of carbonyl (C=O) groups is 1. The molecule has 0 heterocycles. The van der Waals surface area contributed by atoms with E-state index in [4.69, 9.17) is 5.11 Å². The van der Waals surface area contributed by atoms with Crippen molar-refractivity contribution in [2.45, 2.75) is 84.5 Å². The third-order valence-electron chi connectivity index (χ3n) is 3.46. The van der Waals surface area contributed by atoms with Crippen LogP contribution in [0.25, 0.3) is 0 Å². The first kappa shape index (κ1) is 18.9. The van der Waals surface area contributed by atoms with Gasteiger partial charge in [-0.05, 0) is 45.4 Å². The monoisotopic (exact) mass is 280 g/mol. The van der Waals surface area contributed by atoms with E-state index < -0.39 is 5.97 Å². The van der Waals surface area contributed by atoms with Gasteiger partial charge in [0.15, 0.2) is 0 Å². The summed E-state index contributed by atoms with van der Waals surface area (Å²) < 4.78 is 0. The SMILES string of the molecule is CCCCCCC/C(C)=C/C/C=C/CCCCC(=O)O. The second-order valence-corrected chi connectivity index (χ2v) is 5.56. The van der Waals surface area contributed by atoms with Crippen molar-refractivity contribution in [1.29, 1.82) is 0 Å². The van der Waals surface area contributed by atoms with Crippen LogP contribution in [-0.4, -0.2) is 11.1 Å². The molecule has 0 fully saturated rings. The molecule has 0 atom stereocenters. The summed E-state index contributed by atoms with van der Waals surface area (Å²) in [6.07, 6.45) is 18.7. The van der Waals surface area contributed by atoms with Crippen LogP contribution in [0.3, 0.4) is 0 Å². The van der Waals surface area contributed by atoms with Gasteiger partial charge in [-0.2, -0.15) is 0 Å². The summed E-state index contributed by atoms with van der Waals surface area (Å²) in [5, 5.41) is 8.51. The lowest BCUT2D eigenvalue weighted by Gasteiger charge is -2.01. The average molecular weight is 280 g/mol. The van der Waals surface area contributed by atoms with Crippen molar-refractivity contribution in [2.75, 3.05) is 0 Å². The zero-order valence-corrected chi connectivity index (χ0v) is 13.4. The van der Waals surface area contributed by atoms with Gasteiger partial charge in [0.1, 0.15) is 0 Å². The number of aliphatic carboxylic acids is 1. The summed E-state index contributed by atoms with van der Waals surface area (Å²) in [4.78, 5) is 10.3. The van der Waals surface area contributed by atoms with Gasteiger partial charge in [0, 0.05) is 6.42 Å². The Bertz CT molecular complexity index is 290.